The van der Waals surface area contributed by atoms with Gasteiger partial charge in [-0.15, -0.1) is 0 Å². The predicted octanol–water partition coefficient (Wildman–Crippen LogP) is 5.42. The topological polar surface area (TPSA) is 110 Å². The van der Waals surface area contributed by atoms with Crippen molar-refractivity contribution in [1.29, 1.82) is 0 Å². The summed E-state index contributed by atoms with van der Waals surface area (Å²) in [6.07, 6.45) is 4.49. The Morgan fingerprint density at radius 1 is 1.03 bits per heavy atom. The molecule has 8 nitrogen and oxygen atoms in total. The van der Waals surface area contributed by atoms with Gasteiger partial charge >= 0.3 is 5.69 Å². The van der Waals surface area contributed by atoms with Crippen LogP contribution in [0.5, 0.6) is 0 Å². The van der Waals surface area contributed by atoms with Crippen molar-refractivity contribution in [3.63, 3.8) is 0 Å². The summed E-state index contributed by atoms with van der Waals surface area (Å²) in [4.78, 5) is 30.9. The van der Waals surface area contributed by atoms with Crippen LogP contribution >= 0.6 is 0 Å². The summed E-state index contributed by atoms with van der Waals surface area (Å²) >= 11 is 0. The lowest BCUT2D eigenvalue weighted by molar-refractivity contribution is -0.383. The summed E-state index contributed by atoms with van der Waals surface area (Å²) in [5.41, 5.74) is 2.66. The number of carbonyl (C=O) groups is 1. The van der Waals surface area contributed by atoms with Gasteiger partial charge in [0.15, 0.2) is 5.78 Å². The normalized spacial score (nSPS) is 10.5. The molecule has 0 amide bonds. The van der Waals surface area contributed by atoms with E-state index in [-0.39, 0.29) is 23.1 Å². The molecule has 0 saturated carbocycles. The lowest BCUT2D eigenvalue weighted by Crippen LogP contribution is -2.06. The highest BCUT2D eigenvalue weighted by Crippen LogP contribution is 2.33. The molecule has 154 valence electrons. The van der Waals surface area contributed by atoms with Gasteiger partial charge in [0.05, 0.1) is 4.92 Å². The van der Waals surface area contributed by atoms with Gasteiger partial charge in [0.2, 0.25) is 11.6 Å². The molecular weight excluding hydrogens is 382 g/mol. The van der Waals surface area contributed by atoms with Gasteiger partial charge in [0, 0.05) is 16.9 Å². The smallest absolute Gasteiger partial charge is 0.334 e. The first-order chi connectivity index (χ1) is 14.5. The van der Waals surface area contributed by atoms with Gasteiger partial charge in [-0.2, -0.15) is 0 Å². The summed E-state index contributed by atoms with van der Waals surface area (Å²) in [6, 6.07) is 14.5. The number of aromatic nitrogens is 2. The number of unbranched alkanes of at least 4 members (excludes halogenated alkanes) is 1. The molecule has 3 aromatic rings. The van der Waals surface area contributed by atoms with Crippen molar-refractivity contribution in [2.24, 2.45) is 0 Å². The molecule has 2 N–H and O–H groups in total. The number of hydrogen-bond donors (Lipinski definition) is 2. The highest BCUT2D eigenvalue weighted by atomic mass is 16.6. The lowest BCUT2D eigenvalue weighted by atomic mass is 10.1. The number of benzene rings is 2. The van der Waals surface area contributed by atoms with Gasteiger partial charge in [0.1, 0.15) is 6.33 Å². The van der Waals surface area contributed by atoms with E-state index >= 15 is 0 Å². The minimum Gasteiger partial charge on any atom is -0.334 e. The zero-order valence-corrected chi connectivity index (χ0v) is 16.9. The Hall–Kier alpha value is -3.81. The number of anilines is 4. The van der Waals surface area contributed by atoms with Crippen molar-refractivity contribution in [1.82, 2.24) is 9.97 Å². The van der Waals surface area contributed by atoms with E-state index in [9.17, 15) is 14.9 Å². The minimum atomic E-state index is -0.533. The minimum absolute atomic E-state index is 0.0396. The van der Waals surface area contributed by atoms with Crippen LogP contribution in [0.2, 0.25) is 0 Å². The number of aryl methyl sites for hydroxylation is 1. The van der Waals surface area contributed by atoms with Crippen LogP contribution < -0.4 is 10.6 Å². The van der Waals surface area contributed by atoms with Crippen molar-refractivity contribution in [2.75, 3.05) is 10.6 Å². The fourth-order valence-electron chi connectivity index (χ4n) is 2.96. The van der Waals surface area contributed by atoms with Crippen LogP contribution in [0.15, 0.2) is 54.9 Å². The number of nitro groups is 1. The molecule has 0 aliphatic rings. The molecule has 1 aromatic heterocycles. The molecule has 0 aliphatic heterocycles. The second-order valence-electron chi connectivity index (χ2n) is 6.86. The third kappa shape index (κ3) is 5.16. The van der Waals surface area contributed by atoms with Crippen molar-refractivity contribution in [2.45, 2.75) is 33.1 Å². The fourth-order valence-corrected chi connectivity index (χ4v) is 2.96. The van der Waals surface area contributed by atoms with Crippen LogP contribution in [0, 0.1) is 10.1 Å². The van der Waals surface area contributed by atoms with E-state index in [1.54, 1.807) is 24.3 Å². The standard InChI is InChI=1S/C22H23N5O3/c1-3-4-6-16-9-11-18(12-10-16)25-21-20(27(29)30)22(24-14-23-21)26-19-8-5-7-17(13-19)15(2)28/h5,7-14H,3-4,6H2,1-2H3,(H2,23,24,25,26). The molecule has 30 heavy (non-hydrogen) atoms. The SMILES string of the molecule is CCCCc1ccc(Nc2ncnc(Nc3cccc(C(C)=O)c3)c2[N+](=O)[O-])cc1. The van der Waals surface area contributed by atoms with Crippen LogP contribution in [0.25, 0.3) is 0 Å². The molecule has 1 heterocycles. The molecule has 0 saturated heterocycles. The lowest BCUT2D eigenvalue weighted by Gasteiger charge is -2.11. The molecule has 0 radical (unpaired) electrons. The van der Waals surface area contributed by atoms with Crippen molar-refractivity contribution in [3.05, 3.63) is 76.1 Å². The Kier molecular flexibility index (Phi) is 6.69. The van der Waals surface area contributed by atoms with E-state index in [0.29, 0.717) is 16.9 Å². The van der Waals surface area contributed by atoms with E-state index in [4.69, 9.17) is 0 Å². The second-order valence-corrected chi connectivity index (χ2v) is 6.86. The Bertz CT molecular complexity index is 1050. The second kappa shape index (κ2) is 9.60. The van der Waals surface area contributed by atoms with Gasteiger partial charge in [-0.1, -0.05) is 37.6 Å². The largest absolute Gasteiger partial charge is 0.353 e. The molecule has 8 heteroatoms. The summed E-state index contributed by atoms with van der Waals surface area (Å²) in [5.74, 6) is 0.0277. The maximum absolute atomic E-state index is 11.8. The third-order valence-corrected chi connectivity index (χ3v) is 4.57. The zero-order valence-electron chi connectivity index (χ0n) is 16.9. The maximum Gasteiger partial charge on any atom is 0.353 e. The van der Waals surface area contributed by atoms with E-state index < -0.39 is 4.92 Å². The van der Waals surface area contributed by atoms with E-state index in [1.165, 1.54) is 18.8 Å². The van der Waals surface area contributed by atoms with Gasteiger partial charge < -0.3 is 10.6 Å². The first kappa shape index (κ1) is 20.9. The molecule has 2 aromatic carbocycles. The van der Waals surface area contributed by atoms with Crippen LogP contribution in [0.1, 0.15) is 42.6 Å². The molecular formula is C22H23N5O3. The van der Waals surface area contributed by atoms with Gasteiger partial charge in [0.25, 0.3) is 0 Å². The Morgan fingerprint density at radius 3 is 2.30 bits per heavy atom. The monoisotopic (exact) mass is 405 g/mol. The summed E-state index contributed by atoms with van der Waals surface area (Å²) in [6.45, 7) is 3.61. The molecule has 0 aliphatic carbocycles. The van der Waals surface area contributed by atoms with E-state index in [2.05, 4.69) is 27.5 Å². The molecule has 0 fully saturated rings. The highest BCUT2D eigenvalue weighted by molar-refractivity contribution is 5.95. The number of nitrogens with one attached hydrogen (secondary N) is 2. The van der Waals surface area contributed by atoms with Crippen LogP contribution in [0.3, 0.4) is 0 Å². The van der Waals surface area contributed by atoms with E-state index in [0.717, 1.165) is 19.3 Å². The molecule has 0 bridgehead atoms. The number of nitrogens with zero attached hydrogens (tertiary/aromatic N) is 3. The van der Waals surface area contributed by atoms with Crippen LogP contribution in [0.4, 0.5) is 28.7 Å². The Morgan fingerprint density at radius 2 is 1.70 bits per heavy atom. The first-order valence-electron chi connectivity index (χ1n) is 9.71. The number of rotatable bonds is 9. The number of carbonyl (C=O) groups excluding carboxylic acids is 1. The van der Waals surface area contributed by atoms with Gasteiger partial charge in [-0.25, -0.2) is 9.97 Å². The van der Waals surface area contributed by atoms with Crippen LogP contribution in [-0.2, 0) is 6.42 Å². The summed E-state index contributed by atoms with van der Waals surface area (Å²) in [7, 11) is 0. The first-order valence-corrected chi connectivity index (χ1v) is 9.71. The molecule has 0 spiro atoms. The maximum atomic E-state index is 11.8. The molecule has 3 rings (SSSR count). The zero-order chi connectivity index (χ0) is 21.5. The fraction of sp³-hybridized carbons (Fsp3) is 0.227. The van der Waals surface area contributed by atoms with Crippen LogP contribution in [-0.4, -0.2) is 20.7 Å². The number of hydrogen-bond acceptors (Lipinski definition) is 7. The Labute approximate surface area is 174 Å². The van der Waals surface area contributed by atoms with Gasteiger partial charge in [-0.3, -0.25) is 14.9 Å². The van der Waals surface area contributed by atoms with Crippen molar-refractivity contribution in [3.8, 4) is 0 Å². The summed E-state index contributed by atoms with van der Waals surface area (Å²) in [5, 5.41) is 17.7. The highest BCUT2D eigenvalue weighted by Gasteiger charge is 2.23. The molecule has 0 atom stereocenters. The predicted molar refractivity (Wildman–Crippen MR) is 117 cm³/mol. The Balaban J connectivity index is 1.87. The average molecular weight is 405 g/mol. The molecule has 0 unspecified atom stereocenters. The average Bonchev–Trinajstić information content (AvgIpc) is 2.73. The number of Topliss-reactive ketones (excluding diaryl/α,β-unsaturated/α-hetero) is 1. The quantitative estimate of drug-likeness (QED) is 0.278. The third-order valence-electron chi connectivity index (χ3n) is 4.57. The van der Waals surface area contributed by atoms with E-state index in [1.807, 2.05) is 24.3 Å². The van der Waals surface area contributed by atoms with Crippen molar-refractivity contribution >= 4 is 34.5 Å². The van der Waals surface area contributed by atoms with Gasteiger partial charge in [-0.05, 0) is 49.6 Å². The summed E-state index contributed by atoms with van der Waals surface area (Å²) < 4.78 is 0. The van der Waals surface area contributed by atoms with Crippen molar-refractivity contribution < 1.29 is 9.72 Å². The number of ketones is 1.